The number of benzene rings is 1. The minimum absolute atomic E-state index is 0.00577. The van der Waals surface area contributed by atoms with Crippen LogP contribution in [0.15, 0.2) is 18.2 Å². The monoisotopic (exact) mass is 299 g/mol. The number of fused-ring (bicyclic) bond motifs is 2. The number of halogens is 2. The lowest BCUT2D eigenvalue weighted by Gasteiger charge is -2.52. The summed E-state index contributed by atoms with van der Waals surface area (Å²) in [5, 5.41) is 7.40. The number of urea groups is 1. The van der Waals surface area contributed by atoms with E-state index in [0.717, 1.165) is 25.1 Å². The van der Waals surface area contributed by atoms with Crippen LogP contribution in [0, 0.1) is 0 Å². The highest BCUT2D eigenvalue weighted by Gasteiger charge is 2.44. The van der Waals surface area contributed by atoms with Crippen LogP contribution in [0.1, 0.15) is 12.0 Å². The third-order valence-electron chi connectivity index (χ3n) is 3.77. The molecule has 2 fully saturated rings. The van der Waals surface area contributed by atoms with E-state index in [4.69, 9.17) is 23.2 Å². The number of nitrogens with one attached hydrogen (secondary N) is 2. The second-order valence-electron chi connectivity index (χ2n) is 5.00. The van der Waals surface area contributed by atoms with Crippen molar-refractivity contribution in [2.75, 3.05) is 13.1 Å². The molecular formula is C13H15Cl2N3O. The smallest absolute Gasteiger partial charge is 0.318 e. The summed E-state index contributed by atoms with van der Waals surface area (Å²) in [4.78, 5) is 14.0. The predicted molar refractivity (Wildman–Crippen MR) is 75.6 cm³/mol. The van der Waals surface area contributed by atoms with Crippen LogP contribution in [0.3, 0.4) is 0 Å². The van der Waals surface area contributed by atoms with Gasteiger partial charge in [0.1, 0.15) is 0 Å². The van der Waals surface area contributed by atoms with E-state index in [1.54, 1.807) is 12.1 Å². The van der Waals surface area contributed by atoms with Gasteiger partial charge in [0.25, 0.3) is 0 Å². The van der Waals surface area contributed by atoms with Gasteiger partial charge in [-0.15, -0.1) is 0 Å². The molecule has 2 bridgehead atoms. The van der Waals surface area contributed by atoms with Gasteiger partial charge in [0.15, 0.2) is 0 Å². The van der Waals surface area contributed by atoms with Crippen LogP contribution in [0.25, 0.3) is 0 Å². The number of piperazine rings is 1. The number of carbonyl (C=O) groups excluding carboxylic acids is 1. The summed E-state index contributed by atoms with van der Waals surface area (Å²) in [6, 6.07) is 5.99. The van der Waals surface area contributed by atoms with Crippen LogP contribution in [0.5, 0.6) is 0 Å². The highest BCUT2D eigenvalue weighted by Crippen LogP contribution is 2.28. The molecule has 0 aliphatic carbocycles. The zero-order valence-corrected chi connectivity index (χ0v) is 11.8. The molecule has 102 valence electrons. The maximum Gasteiger partial charge on any atom is 0.318 e. The number of piperidine rings is 1. The van der Waals surface area contributed by atoms with E-state index < -0.39 is 0 Å². The minimum atomic E-state index is -0.00577. The van der Waals surface area contributed by atoms with Crippen LogP contribution in [0.2, 0.25) is 10.0 Å². The standard InChI is InChI=1S/C13H15Cl2N3O/c14-9-2-1-8(12(15)3-9)5-17-13(19)18-10-4-11(18)7-16-6-10/h1-3,10-11,16H,4-7H2,(H,17,19). The number of amides is 2. The lowest BCUT2D eigenvalue weighted by molar-refractivity contribution is 0.0243. The topological polar surface area (TPSA) is 44.4 Å². The first-order chi connectivity index (χ1) is 9.15. The molecule has 2 heterocycles. The Labute approximate surface area is 122 Å². The molecule has 6 heteroatoms. The Hall–Kier alpha value is -0.970. The molecule has 19 heavy (non-hydrogen) atoms. The van der Waals surface area contributed by atoms with E-state index in [-0.39, 0.29) is 6.03 Å². The summed E-state index contributed by atoms with van der Waals surface area (Å²) >= 11 is 11.9. The molecule has 2 aliphatic rings. The maximum atomic E-state index is 12.1. The molecule has 1 aromatic rings. The molecule has 2 atom stereocenters. The van der Waals surface area contributed by atoms with Crippen molar-refractivity contribution in [3.63, 3.8) is 0 Å². The molecule has 2 unspecified atom stereocenters. The van der Waals surface area contributed by atoms with Gasteiger partial charge in [-0.25, -0.2) is 4.79 Å². The van der Waals surface area contributed by atoms with Crippen molar-refractivity contribution in [2.24, 2.45) is 0 Å². The van der Waals surface area contributed by atoms with Crippen LogP contribution in [-0.2, 0) is 6.54 Å². The van der Waals surface area contributed by atoms with E-state index >= 15 is 0 Å². The zero-order chi connectivity index (χ0) is 13.4. The fraction of sp³-hybridized carbons (Fsp3) is 0.462. The molecule has 0 radical (unpaired) electrons. The highest BCUT2D eigenvalue weighted by molar-refractivity contribution is 6.35. The average Bonchev–Trinajstić information content (AvgIpc) is 2.38. The summed E-state index contributed by atoms with van der Waals surface area (Å²) in [5.74, 6) is 0. The molecule has 1 aromatic carbocycles. The molecule has 2 amide bonds. The third kappa shape index (κ3) is 2.53. The van der Waals surface area contributed by atoms with E-state index in [9.17, 15) is 4.79 Å². The fourth-order valence-electron chi connectivity index (χ4n) is 2.74. The van der Waals surface area contributed by atoms with Crippen molar-refractivity contribution < 1.29 is 4.79 Å². The normalized spacial score (nSPS) is 24.8. The molecule has 4 nitrogen and oxygen atoms in total. The summed E-state index contributed by atoms with van der Waals surface area (Å²) in [6.45, 7) is 2.22. The lowest BCUT2D eigenvalue weighted by atomic mass is 9.89. The Bertz CT molecular complexity index is 495. The Morgan fingerprint density at radius 1 is 1.37 bits per heavy atom. The molecule has 0 aromatic heterocycles. The van der Waals surface area contributed by atoms with E-state index in [2.05, 4.69) is 10.6 Å². The molecule has 0 saturated carbocycles. The van der Waals surface area contributed by atoms with E-state index in [1.165, 1.54) is 0 Å². The van der Waals surface area contributed by atoms with Crippen molar-refractivity contribution in [1.82, 2.24) is 15.5 Å². The first-order valence-corrected chi connectivity index (χ1v) is 7.11. The van der Waals surface area contributed by atoms with Crippen molar-refractivity contribution in [1.29, 1.82) is 0 Å². The Balaban J connectivity index is 1.59. The van der Waals surface area contributed by atoms with Gasteiger partial charge in [-0.2, -0.15) is 0 Å². The molecule has 2 aliphatic heterocycles. The summed E-state index contributed by atoms with van der Waals surface area (Å²) in [6.07, 6.45) is 1.11. The van der Waals surface area contributed by atoms with E-state index in [0.29, 0.717) is 28.7 Å². The van der Waals surface area contributed by atoms with Gasteiger partial charge < -0.3 is 15.5 Å². The SMILES string of the molecule is O=C(NCc1ccc(Cl)cc1Cl)N1C2CNCC1C2. The number of nitrogens with zero attached hydrogens (tertiary/aromatic N) is 1. The summed E-state index contributed by atoms with van der Waals surface area (Å²) in [7, 11) is 0. The quantitative estimate of drug-likeness (QED) is 0.880. The number of rotatable bonds is 2. The first kappa shape index (κ1) is 13.0. The van der Waals surface area contributed by atoms with Crippen molar-refractivity contribution >= 4 is 29.2 Å². The van der Waals surface area contributed by atoms with Crippen molar-refractivity contribution in [3.8, 4) is 0 Å². The maximum absolute atomic E-state index is 12.1. The van der Waals surface area contributed by atoms with Crippen LogP contribution in [0.4, 0.5) is 4.79 Å². The summed E-state index contributed by atoms with van der Waals surface area (Å²) in [5.41, 5.74) is 0.878. The number of carbonyl (C=O) groups is 1. The van der Waals surface area contributed by atoms with Gasteiger partial charge >= 0.3 is 6.03 Å². The van der Waals surface area contributed by atoms with Crippen LogP contribution in [-0.4, -0.2) is 36.1 Å². The Morgan fingerprint density at radius 2 is 2.11 bits per heavy atom. The fourth-order valence-corrected chi connectivity index (χ4v) is 3.22. The average molecular weight is 300 g/mol. The highest BCUT2D eigenvalue weighted by atomic mass is 35.5. The third-order valence-corrected chi connectivity index (χ3v) is 4.36. The lowest BCUT2D eigenvalue weighted by Crippen LogP contribution is -2.70. The van der Waals surface area contributed by atoms with Crippen molar-refractivity contribution in [2.45, 2.75) is 25.0 Å². The Morgan fingerprint density at radius 3 is 2.74 bits per heavy atom. The Kier molecular flexibility index (Phi) is 3.56. The summed E-state index contributed by atoms with van der Waals surface area (Å²) < 4.78 is 0. The minimum Gasteiger partial charge on any atom is -0.334 e. The molecule has 3 rings (SSSR count). The van der Waals surface area contributed by atoms with Gasteiger partial charge in [-0.1, -0.05) is 29.3 Å². The van der Waals surface area contributed by atoms with Gasteiger partial charge in [-0.05, 0) is 24.1 Å². The molecule has 2 saturated heterocycles. The second-order valence-corrected chi connectivity index (χ2v) is 5.85. The largest absolute Gasteiger partial charge is 0.334 e. The molecular weight excluding hydrogens is 285 g/mol. The number of hydrogen-bond acceptors (Lipinski definition) is 2. The van der Waals surface area contributed by atoms with Crippen molar-refractivity contribution in [3.05, 3.63) is 33.8 Å². The zero-order valence-electron chi connectivity index (χ0n) is 10.3. The van der Waals surface area contributed by atoms with Gasteiger partial charge in [-0.3, -0.25) is 0 Å². The van der Waals surface area contributed by atoms with Gasteiger partial charge in [0.2, 0.25) is 0 Å². The number of hydrogen-bond donors (Lipinski definition) is 2. The van der Waals surface area contributed by atoms with Gasteiger partial charge in [0.05, 0.1) is 0 Å². The molecule has 2 N–H and O–H groups in total. The van der Waals surface area contributed by atoms with Crippen LogP contribution >= 0.6 is 23.2 Å². The molecule has 0 spiro atoms. The second kappa shape index (κ2) is 5.19. The van der Waals surface area contributed by atoms with Crippen LogP contribution < -0.4 is 10.6 Å². The first-order valence-electron chi connectivity index (χ1n) is 6.36. The predicted octanol–water partition coefficient (Wildman–Crippen LogP) is 2.25. The van der Waals surface area contributed by atoms with E-state index in [1.807, 2.05) is 11.0 Å². The van der Waals surface area contributed by atoms with Gasteiger partial charge in [0, 0.05) is 41.8 Å².